The van der Waals surface area contributed by atoms with E-state index in [0.29, 0.717) is 12.3 Å². The fourth-order valence-electron chi connectivity index (χ4n) is 0.743. The van der Waals surface area contributed by atoms with Crippen molar-refractivity contribution >= 4 is 5.91 Å². The number of methoxy groups -OCH3 is 1. The number of primary amides is 1. The minimum absolute atomic E-state index is 0.0181. The topological polar surface area (TPSA) is 78.1 Å². The van der Waals surface area contributed by atoms with Gasteiger partial charge in [0.2, 0.25) is 5.82 Å². The summed E-state index contributed by atoms with van der Waals surface area (Å²) in [6.45, 7) is 0.350. The van der Waals surface area contributed by atoms with Gasteiger partial charge in [-0.1, -0.05) is 0 Å². The van der Waals surface area contributed by atoms with Gasteiger partial charge < -0.3 is 10.5 Å². The number of nitrogens with zero attached hydrogens (tertiary/aromatic N) is 2. The first-order chi connectivity index (χ1) is 5.74. The van der Waals surface area contributed by atoms with Crippen molar-refractivity contribution in [3.63, 3.8) is 0 Å². The molecule has 0 aliphatic carbocycles. The third-order valence-corrected chi connectivity index (χ3v) is 1.23. The second-order valence-electron chi connectivity index (χ2n) is 2.17. The van der Waals surface area contributed by atoms with E-state index in [-0.39, 0.29) is 5.82 Å². The maximum atomic E-state index is 10.6. The van der Waals surface area contributed by atoms with Crippen LogP contribution >= 0.6 is 0 Å². The van der Waals surface area contributed by atoms with Crippen LogP contribution in [0, 0.1) is 0 Å². The van der Waals surface area contributed by atoms with Crippen LogP contribution in [0.4, 0.5) is 0 Å². The molecule has 1 aromatic heterocycles. The van der Waals surface area contributed by atoms with Crippen molar-refractivity contribution in [3.8, 4) is 0 Å². The molecule has 1 heterocycles. The molecule has 0 saturated carbocycles. The van der Waals surface area contributed by atoms with Crippen LogP contribution in [-0.2, 0) is 11.3 Å². The van der Waals surface area contributed by atoms with Gasteiger partial charge in [-0.05, 0) is 6.07 Å². The minimum atomic E-state index is -0.632. The molecule has 0 spiro atoms. The van der Waals surface area contributed by atoms with E-state index >= 15 is 0 Å². The van der Waals surface area contributed by atoms with Gasteiger partial charge in [-0.3, -0.25) is 4.79 Å². The summed E-state index contributed by atoms with van der Waals surface area (Å²) in [5, 5.41) is 0. The van der Waals surface area contributed by atoms with Crippen LogP contribution in [0.3, 0.4) is 0 Å². The van der Waals surface area contributed by atoms with Crippen LogP contribution in [0.2, 0.25) is 0 Å². The predicted molar refractivity (Wildman–Crippen MR) is 41.3 cm³/mol. The smallest absolute Gasteiger partial charge is 0.286 e. The van der Waals surface area contributed by atoms with Crippen LogP contribution in [0.1, 0.15) is 16.3 Å². The molecule has 0 aliphatic heterocycles. The molecule has 0 aromatic carbocycles. The first-order valence-electron chi connectivity index (χ1n) is 3.34. The lowest BCUT2D eigenvalue weighted by atomic mass is 10.4. The van der Waals surface area contributed by atoms with Gasteiger partial charge in [0, 0.05) is 13.3 Å². The lowest BCUT2D eigenvalue weighted by Gasteiger charge is -1.98. The summed E-state index contributed by atoms with van der Waals surface area (Å²) >= 11 is 0. The van der Waals surface area contributed by atoms with Crippen LogP contribution in [0.25, 0.3) is 0 Å². The van der Waals surface area contributed by atoms with Crippen molar-refractivity contribution in [2.75, 3.05) is 7.11 Å². The Morgan fingerprint density at radius 3 is 3.08 bits per heavy atom. The average molecular weight is 167 g/mol. The number of rotatable bonds is 3. The van der Waals surface area contributed by atoms with E-state index in [1.54, 1.807) is 13.2 Å². The lowest BCUT2D eigenvalue weighted by molar-refractivity contribution is 0.0989. The van der Waals surface area contributed by atoms with Crippen LogP contribution in [0.5, 0.6) is 0 Å². The molecule has 0 bridgehead atoms. The monoisotopic (exact) mass is 167 g/mol. The van der Waals surface area contributed by atoms with E-state index in [2.05, 4.69) is 9.97 Å². The molecule has 64 valence electrons. The molecule has 0 fully saturated rings. The molecule has 0 radical (unpaired) electrons. The van der Waals surface area contributed by atoms with Crippen LogP contribution in [-0.4, -0.2) is 23.0 Å². The fraction of sp³-hybridized carbons (Fsp3) is 0.286. The third kappa shape index (κ3) is 2.00. The highest BCUT2D eigenvalue weighted by atomic mass is 16.5. The highest BCUT2D eigenvalue weighted by molar-refractivity contribution is 5.88. The lowest BCUT2D eigenvalue weighted by Crippen LogP contribution is -2.16. The summed E-state index contributed by atoms with van der Waals surface area (Å²) in [5.41, 5.74) is 5.61. The van der Waals surface area contributed by atoms with Crippen molar-refractivity contribution < 1.29 is 9.53 Å². The minimum Gasteiger partial charge on any atom is -0.378 e. The van der Waals surface area contributed by atoms with Gasteiger partial charge in [0.25, 0.3) is 5.91 Å². The van der Waals surface area contributed by atoms with Crippen molar-refractivity contribution in [1.82, 2.24) is 9.97 Å². The molecule has 1 amide bonds. The standard InChI is InChI=1S/C7H9N3O2/c1-12-4-5-2-3-9-7(10-5)6(8)11/h2-3H,4H2,1H3,(H2,8,11). The second-order valence-corrected chi connectivity index (χ2v) is 2.17. The molecule has 5 nitrogen and oxygen atoms in total. The van der Waals surface area contributed by atoms with E-state index in [9.17, 15) is 4.79 Å². The summed E-state index contributed by atoms with van der Waals surface area (Å²) in [6.07, 6.45) is 1.47. The predicted octanol–water partition coefficient (Wildman–Crippen LogP) is -0.278. The summed E-state index contributed by atoms with van der Waals surface area (Å²) in [6, 6.07) is 1.66. The first-order valence-corrected chi connectivity index (χ1v) is 3.34. The SMILES string of the molecule is COCc1ccnc(C(N)=O)n1. The van der Waals surface area contributed by atoms with E-state index < -0.39 is 5.91 Å². The Morgan fingerprint density at radius 2 is 2.50 bits per heavy atom. The Labute approximate surface area is 69.6 Å². The summed E-state index contributed by atoms with van der Waals surface area (Å²) < 4.78 is 4.82. The van der Waals surface area contributed by atoms with Gasteiger partial charge in [0.15, 0.2) is 0 Å². The quantitative estimate of drug-likeness (QED) is 0.671. The fourth-order valence-corrected chi connectivity index (χ4v) is 0.743. The Bertz CT molecular complexity index is 288. The molecule has 0 aliphatic rings. The van der Waals surface area contributed by atoms with Crippen LogP contribution < -0.4 is 5.73 Å². The summed E-state index contributed by atoms with van der Waals surface area (Å²) in [4.78, 5) is 18.1. The molecular weight excluding hydrogens is 158 g/mol. The van der Waals surface area contributed by atoms with E-state index in [0.717, 1.165) is 0 Å². The van der Waals surface area contributed by atoms with E-state index in [1.807, 2.05) is 0 Å². The number of ether oxygens (including phenoxy) is 1. The molecule has 12 heavy (non-hydrogen) atoms. The normalized spacial score (nSPS) is 9.75. The third-order valence-electron chi connectivity index (χ3n) is 1.23. The number of amides is 1. The van der Waals surface area contributed by atoms with Gasteiger partial charge in [0.05, 0.1) is 12.3 Å². The zero-order valence-electron chi connectivity index (χ0n) is 6.65. The molecule has 1 rings (SSSR count). The molecule has 2 N–H and O–H groups in total. The molecule has 0 saturated heterocycles. The Hall–Kier alpha value is -1.49. The number of carbonyl (C=O) groups is 1. The molecule has 0 unspecified atom stereocenters. The van der Waals surface area contributed by atoms with Gasteiger partial charge in [0.1, 0.15) is 0 Å². The zero-order chi connectivity index (χ0) is 8.97. The van der Waals surface area contributed by atoms with Crippen molar-refractivity contribution in [3.05, 3.63) is 23.8 Å². The number of hydrogen-bond donors (Lipinski definition) is 1. The largest absolute Gasteiger partial charge is 0.378 e. The van der Waals surface area contributed by atoms with E-state index in [1.165, 1.54) is 6.20 Å². The number of nitrogens with two attached hydrogens (primary N) is 1. The highest BCUT2D eigenvalue weighted by Gasteiger charge is 2.03. The number of carbonyl (C=O) groups excluding carboxylic acids is 1. The number of hydrogen-bond acceptors (Lipinski definition) is 4. The Kier molecular flexibility index (Phi) is 2.71. The van der Waals surface area contributed by atoms with Crippen molar-refractivity contribution in [1.29, 1.82) is 0 Å². The second kappa shape index (κ2) is 3.77. The maximum Gasteiger partial charge on any atom is 0.286 e. The average Bonchev–Trinajstić information content (AvgIpc) is 2.05. The Morgan fingerprint density at radius 1 is 1.75 bits per heavy atom. The molecule has 5 heteroatoms. The van der Waals surface area contributed by atoms with Crippen molar-refractivity contribution in [2.24, 2.45) is 5.73 Å². The summed E-state index contributed by atoms with van der Waals surface area (Å²) in [7, 11) is 1.55. The van der Waals surface area contributed by atoms with Crippen molar-refractivity contribution in [2.45, 2.75) is 6.61 Å². The number of aromatic nitrogens is 2. The van der Waals surface area contributed by atoms with Gasteiger partial charge in [-0.25, -0.2) is 9.97 Å². The molecular formula is C7H9N3O2. The Balaban J connectivity index is 2.88. The molecule has 1 aromatic rings. The van der Waals surface area contributed by atoms with Gasteiger partial charge in [-0.2, -0.15) is 0 Å². The first kappa shape index (κ1) is 8.61. The zero-order valence-corrected chi connectivity index (χ0v) is 6.65. The molecule has 0 atom stereocenters. The van der Waals surface area contributed by atoms with Gasteiger partial charge in [-0.15, -0.1) is 0 Å². The maximum absolute atomic E-state index is 10.6. The van der Waals surface area contributed by atoms with Crippen LogP contribution in [0.15, 0.2) is 12.3 Å². The summed E-state index contributed by atoms with van der Waals surface area (Å²) in [5.74, 6) is -0.613. The highest BCUT2D eigenvalue weighted by Crippen LogP contribution is 1.96. The van der Waals surface area contributed by atoms with Gasteiger partial charge >= 0.3 is 0 Å². The van der Waals surface area contributed by atoms with E-state index in [4.69, 9.17) is 10.5 Å².